The summed E-state index contributed by atoms with van der Waals surface area (Å²) in [6, 6.07) is 23.7. The van der Waals surface area contributed by atoms with Crippen molar-refractivity contribution >= 4 is 58.3 Å². The minimum absolute atomic E-state index is 0.183. The minimum atomic E-state index is -0.183. The Kier molecular flexibility index (Phi) is 7.52. The highest BCUT2D eigenvalue weighted by Gasteiger charge is 2.13. The van der Waals surface area contributed by atoms with Crippen LogP contribution in [0, 0.1) is 0 Å². The van der Waals surface area contributed by atoms with E-state index in [0.29, 0.717) is 11.6 Å². The average Bonchev–Trinajstić information content (AvgIpc) is 3.17. The van der Waals surface area contributed by atoms with Gasteiger partial charge in [-0.3, -0.25) is 4.79 Å². The van der Waals surface area contributed by atoms with Crippen LogP contribution in [0.2, 0.25) is 5.02 Å². The van der Waals surface area contributed by atoms with Gasteiger partial charge in [-0.2, -0.15) is 5.10 Å². The summed E-state index contributed by atoms with van der Waals surface area (Å²) in [5.74, 6) is 0.0317. The second-order valence-electron chi connectivity index (χ2n) is 6.95. The molecule has 0 spiro atoms. The highest BCUT2D eigenvalue weighted by molar-refractivity contribution is 7.99. The van der Waals surface area contributed by atoms with Crippen LogP contribution in [0.4, 0.5) is 0 Å². The summed E-state index contributed by atoms with van der Waals surface area (Å²) >= 11 is 9.09. The Morgan fingerprint density at radius 2 is 1.84 bits per heavy atom. The molecule has 0 radical (unpaired) electrons. The molecule has 0 bridgehead atoms. The normalized spacial score (nSPS) is 11.3. The van der Waals surface area contributed by atoms with E-state index >= 15 is 0 Å². The first-order valence-electron chi connectivity index (χ1n) is 9.91. The molecule has 162 valence electrons. The van der Waals surface area contributed by atoms with Crippen molar-refractivity contribution in [2.45, 2.75) is 16.6 Å². The number of nitrogens with one attached hydrogen (secondary N) is 1. The average molecular weight is 481 g/mol. The molecule has 0 saturated heterocycles. The summed E-state index contributed by atoms with van der Waals surface area (Å²) in [5, 5.41) is 5.56. The van der Waals surface area contributed by atoms with Gasteiger partial charge in [0.15, 0.2) is 5.16 Å². The largest absolute Gasteiger partial charge is 0.314 e. The van der Waals surface area contributed by atoms with E-state index in [9.17, 15) is 4.79 Å². The molecule has 8 heteroatoms. The SMILES string of the molecule is CSc1ccc(C=NNC(=O)CSc2nc3ccccc3n2Cc2ccc(Cl)cc2)cc1. The Bertz CT molecular complexity index is 1240. The van der Waals surface area contributed by atoms with Gasteiger partial charge < -0.3 is 4.57 Å². The zero-order valence-electron chi connectivity index (χ0n) is 17.4. The fourth-order valence-electron chi connectivity index (χ4n) is 3.12. The molecule has 0 aliphatic carbocycles. The van der Waals surface area contributed by atoms with Crippen LogP contribution in [0.25, 0.3) is 11.0 Å². The van der Waals surface area contributed by atoms with E-state index in [-0.39, 0.29) is 11.7 Å². The lowest BCUT2D eigenvalue weighted by molar-refractivity contribution is -0.118. The Labute approximate surface area is 200 Å². The van der Waals surface area contributed by atoms with Crippen molar-refractivity contribution in [3.63, 3.8) is 0 Å². The molecule has 1 heterocycles. The number of hydrogen-bond acceptors (Lipinski definition) is 5. The predicted octanol–water partition coefficient (Wildman–Crippen LogP) is 5.70. The number of amides is 1. The van der Waals surface area contributed by atoms with Crippen molar-refractivity contribution in [2.75, 3.05) is 12.0 Å². The van der Waals surface area contributed by atoms with Crippen molar-refractivity contribution < 1.29 is 4.79 Å². The fraction of sp³-hybridized carbons (Fsp3) is 0.125. The molecule has 32 heavy (non-hydrogen) atoms. The third-order valence-corrected chi connectivity index (χ3v) is 6.70. The number of carbonyl (C=O) groups is 1. The van der Waals surface area contributed by atoms with Gasteiger partial charge in [0.25, 0.3) is 5.91 Å². The second kappa shape index (κ2) is 10.7. The highest BCUT2D eigenvalue weighted by Crippen LogP contribution is 2.25. The molecule has 0 unspecified atom stereocenters. The van der Waals surface area contributed by atoms with E-state index in [2.05, 4.69) is 15.1 Å². The third-order valence-electron chi connectivity index (χ3n) is 4.72. The maximum Gasteiger partial charge on any atom is 0.250 e. The van der Waals surface area contributed by atoms with Crippen molar-refractivity contribution in [2.24, 2.45) is 5.10 Å². The van der Waals surface area contributed by atoms with E-state index in [0.717, 1.165) is 27.3 Å². The zero-order chi connectivity index (χ0) is 22.3. The van der Waals surface area contributed by atoms with Gasteiger partial charge in [0.05, 0.1) is 29.5 Å². The van der Waals surface area contributed by atoms with E-state index in [1.165, 1.54) is 16.7 Å². The molecule has 5 nitrogen and oxygen atoms in total. The molecular formula is C24H21ClN4OS2. The molecule has 4 rings (SSSR count). The van der Waals surface area contributed by atoms with Gasteiger partial charge in [-0.15, -0.1) is 11.8 Å². The van der Waals surface area contributed by atoms with Gasteiger partial charge in [0, 0.05) is 9.92 Å². The molecule has 1 aromatic heterocycles. The van der Waals surface area contributed by atoms with Crippen molar-refractivity contribution in [3.8, 4) is 0 Å². The molecule has 3 aromatic carbocycles. The number of thioether (sulfide) groups is 2. The first kappa shape index (κ1) is 22.5. The smallest absolute Gasteiger partial charge is 0.250 e. The Morgan fingerprint density at radius 1 is 1.09 bits per heavy atom. The van der Waals surface area contributed by atoms with Crippen LogP contribution in [0.3, 0.4) is 0 Å². The number of hydrazone groups is 1. The molecule has 4 aromatic rings. The lowest BCUT2D eigenvalue weighted by atomic mass is 10.2. The lowest BCUT2D eigenvalue weighted by Gasteiger charge is -2.09. The molecule has 0 saturated carbocycles. The standard InChI is InChI=1S/C24H21ClN4OS2/c1-31-20-12-8-17(9-13-20)14-26-28-23(30)16-32-24-27-21-4-2-3-5-22(21)29(24)15-18-6-10-19(25)11-7-18/h2-14H,15-16H2,1H3,(H,28,30). The van der Waals surface area contributed by atoms with Gasteiger partial charge >= 0.3 is 0 Å². The summed E-state index contributed by atoms with van der Waals surface area (Å²) in [5.41, 5.74) is 6.56. The van der Waals surface area contributed by atoms with Gasteiger partial charge in [0.2, 0.25) is 0 Å². The first-order chi connectivity index (χ1) is 15.6. The van der Waals surface area contributed by atoms with Crippen LogP contribution < -0.4 is 5.43 Å². The Morgan fingerprint density at radius 3 is 2.59 bits per heavy atom. The van der Waals surface area contributed by atoms with Crippen molar-refractivity contribution in [1.82, 2.24) is 15.0 Å². The number of para-hydroxylation sites is 2. The summed E-state index contributed by atoms with van der Waals surface area (Å²) < 4.78 is 2.12. The summed E-state index contributed by atoms with van der Waals surface area (Å²) in [6.45, 7) is 0.645. The van der Waals surface area contributed by atoms with Gasteiger partial charge in [-0.1, -0.05) is 59.8 Å². The van der Waals surface area contributed by atoms with Gasteiger partial charge in [0.1, 0.15) is 0 Å². The number of benzene rings is 3. The highest BCUT2D eigenvalue weighted by atomic mass is 35.5. The third kappa shape index (κ3) is 5.73. The van der Waals surface area contributed by atoms with Crippen LogP contribution in [0.5, 0.6) is 0 Å². The molecular weight excluding hydrogens is 460 g/mol. The molecule has 0 aliphatic heterocycles. The maximum absolute atomic E-state index is 12.3. The number of imidazole rings is 1. The van der Waals surface area contributed by atoms with E-state index < -0.39 is 0 Å². The number of fused-ring (bicyclic) bond motifs is 1. The summed E-state index contributed by atoms with van der Waals surface area (Å²) in [7, 11) is 0. The van der Waals surface area contributed by atoms with Gasteiger partial charge in [-0.25, -0.2) is 10.4 Å². The number of hydrogen-bond donors (Lipinski definition) is 1. The molecule has 1 amide bonds. The molecule has 0 atom stereocenters. The van der Waals surface area contributed by atoms with Crippen LogP contribution in [0.15, 0.2) is 87.9 Å². The van der Waals surface area contributed by atoms with E-state index in [1.807, 2.05) is 79.1 Å². The predicted molar refractivity (Wildman–Crippen MR) is 135 cm³/mol. The van der Waals surface area contributed by atoms with Crippen LogP contribution >= 0.6 is 35.1 Å². The van der Waals surface area contributed by atoms with Crippen molar-refractivity contribution in [1.29, 1.82) is 0 Å². The maximum atomic E-state index is 12.3. The van der Waals surface area contributed by atoms with E-state index in [1.54, 1.807) is 18.0 Å². The quantitative estimate of drug-likeness (QED) is 0.199. The number of halogens is 1. The number of carbonyl (C=O) groups excluding carboxylic acids is 1. The Hall–Kier alpha value is -2.74. The summed E-state index contributed by atoms with van der Waals surface area (Å²) in [6.07, 6.45) is 3.67. The Balaban J connectivity index is 1.42. The first-order valence-corrected chi connectivity index (χ1v) is 12.5. The summed E-state index contributed by atoms with van der Waals surface area (Å²) in [4.78, 5) is 18.2. The molecule has 1 N–H and O–H groups in total. The van der Waals surface area contributed by atoms with Crippen molar-refractivity contribution in [3.05, 3.63) is 88.9 Å². The fourth-order valence-corrected chi connectivity index (χ4v) is 4.46. The molecule has 0 fully saturated rings. The second-order valence-corrected chi connectivity index (χ2v) is 9.21. The van der Waals surface area contributed by atoms with Crippen LogP contribution in [-0.4, -0.2) is 33.7 Å². The molecule has 0 aliphatic rings. The van der Waals surface area contributed by atoms with E-state index in [4.69, 9.17) is 16.6 Å². The van der Waals surface area contributed by atoms with Crippen LogP contribution in [-0.2, 0) is 11.3 Å². The zero-order valence-corrected chi connectivity index (χ0v) is 19.8. The lowest BCUT2D eigenvalue weighted by Crippen LogP contribution is -2.20. The minimum Gasteiger partial charge on any atom is -0.314 e. The van der Waals surface area contributed by atoms with Crippen LogP contribution in [0.1, 0.15) is 11.1 Å². The number of aromatic nitrogens is 2. The monoisotopic (exact) mass is 480 g/mol. The topological polar surface area (TPSA) is 59.3 Å². The number of nitrogens with zero attached hydrogens (tertiary/aromatic N) is 3. The van der Waals surface area contributed by atoms with Gasteiger partial charge in [-0.05, 0) is 53.8 Å². The number of rotatable bonds is 8.